The molecule has 0 bridgehead atoms. The Morgan fingerprint density at radius 3 is 2.36 bits per heavy atom. The van der Waals surface area contributed by atoms with Crippen molar-refractivity contribution in [1.82, 2.24) is 15.5 Å². The van der Waals surface area contributed by atoms with Crippen LogP contribution < -0.4 is 10.6 Å². The molecule has 0 spiro atoms. The lowest BCUT2D eigenvalue weighted by atomic mass is 9.48. The van der Waals surface area contributed by atoms with Gasteiger partial charge in [-0.05, 0) is 67.8 Å². The molecule has 36 heavy (non-hydrogen) atoms. The molecular weight excluding hydrogens is 492 g/mol. The third kappa shape index (κ3) is 4.83. The zero-order chi connectivity index (χ0) is 26.7. The molecule has 12 heteroatoms. The molecule has 1 aliphatic heterocycles. The molecule has 202 valence electrons. The number of imide groups is 1. The van der Waals surface area contributed by atoms with Crippen LogP contribution in [-0.2, 0) is 9.59 Å². The maximum atomic E-state index is 13.4. The van der Waals surface area contributed by atoms with Crippen molar-refractivity contribution >= 4 is 17.8 Å². The highest BCUT2D eigenvalue weighted by atomic mass is 19.4. The first kappa shape index (κ1) is 26.8. The highest BCUT2D eigenvalue weighted by Gasteiger charge is 2.61. The van der Waals surface area contributed by atoms with E-state index in [0.29, 0.717) is 19.3 Å². The van der Waals surface area contributed by atoms with Crippen LogP contribution in [0.3, 0.4) is 0 Å². The van der Waals surface area contributed by atoms with Gasteiger partial charge in [0.25, 0.3) is 0 Å². The second-order valence-corrected chi connectivity index (χ2v) is 11.2. The summed E-state index contributed by atoms with van der Waals surface area (Å²) in [4.78, 5) is 37.5. The predicted octanol–water partition coefficient (Wildman–Crippen LogP) is 4.56. The summed E-state index contributed by atoms with van der Waals surface area (Å²) >= 11 is 0. The van der Waals surface area contributed by atoms with Crippen molar-refractivity contribution in [2.45, 2.75) is 70.8 Å². The first-order valence-corrected chi connectivity index (χ1v) is 12.3. The Labute approximate surface area is 205 Å². The summed E-state index contributed by atoms with van der Waals surface area (Å²) in [6.07, 6.45) is -2.60. The minimum absolute atomic E-state index is 0.000885. The molecule has 0 radical (unpaired) electrons. The number of hydrogen-bond donors (Lipinski definition) is 2. The van der Waals surface area contributed by atoms with E-state index in [2.05, 4.69) is 12.2 Å². The van der Waals surface area contributed by atoms with E-state index in [1.807, 2.05) is 13.0 Å². The van der Waals surface area contributed by atoms with Crippen LogP contribution >= 0.6 is 0 Å². The average Bonchev–Trinajstić information content (AvgIpc) is 3.12. The summed E-state index contributed by atoms with van der Waals surface area (Å²) in [5.74, 6) is -1.65. The summed E-state index contributed by atoms with van der Waals surface area (Å²) in [7, 11) is 0. The van der Waals surface area contributed by atoms with E-state index in [4.69, 9.17) is 0 Å². The quantitative estimate of drug-likeness (QED) is 0.533. The number of halogens is 6. The van der Waals surface area contributed by atoms with Crippen molar-refractivity contribution in [3.8, 4) is 0 Å². The molecule has 0 aromatic heterocycles. The minimum atomic E-state index is -4.95. The molecule has 2 N–H and O–H groups in total. The SMILES string of the molecule is C[C@]12C=CC(=O)N[C@@H]1CC[C@@H]1[C@@H]2CC[C@]2(C)[C@@H](C(=O)N(CC(F)(F)F)C(=O)NCC(F)(F)F)CC[C@@H]12. The molecule has 3 saturated carbocycles. The summed E-state index contributed by atoms with van der Waals surface area (Å²) in [5, 5.41) is 4.46. The number of rotatable bonds is 3. The molecule has 4 rings (SSSR count). The van der Waals surface area contributed by atoms with E-state index >= 15 is 0 Å². The molecule has 4 aliphatic rings. The number of carbonyl (C=O) groups is 3. The molecule has 0 aromatic carbocycles. The lowest BCUT2D eigenvalue weighted by molar-refractivity contribution is -0.162. The number of amides is 4. The van der Waals surface area contributed by atoms with Crippen LogP contribution in [0.2, 0.25) is 0 Å². The third-order valence-electron chi connectivity index (χ3n) is 9.27. The van der Waals surface area contributed by atoms with Gasteiger partial charge in [-0.2, -0.15) is 26.3 Å². The number of nitrogens with one attached hydrogen (secondary N) is 2. The van der Waals surface area contributed by atoms with Gasteiger partial charge in [-0.15, -0.1) is 0 Å². The van der Waals surface area contributed by atoms with Crippen molar-refractivity contribution in [3.63, 3.8) is 0 Å². The van der Waals surface area contributed by atoms with E-state index in [1.165, 1.54) is 5.32 Å². The van der Waals surface area contributed by atoms with Crippen molar-refractivity contribution in [2.75, 3.05) is 13.1 Å². The highest BCUT2D eigenvalue weighted by molar-refractivity contribution is 5.96. The molecule has 0 aromatic rings. The van der Waals surface area contributed by atoms with Crippen molar-refractivity contribution < 1.29 is 40.7 Å². The van der Waals surface area contributed by atoms with E-state index in [1.54, 1.807) is 6.08 Å². The zero-order valence-corrected chi connectivity index (χ0v) is 20.1. The summed E-state index contributed by atoms with van der Waals surface area (Å²) < 4.78 is 77.4. The predicted molar refractivity (Wildman–Crippen MR) is 116 cm³/mol. The Hall–Kier alpha value is -2.27. The second-order valence-electron chi connectivity index (χ2n) is 11.2. The van der Waals surface area contributed by atoms with Gasteiger partial charge in [-0.1, -0.05) is 19.9 Å². The molecular formula is C24H31F6N3O3. The van der Waals surface area contributed by atoms with Gasteiger partial charge < -0.3 is 10.6 Å². The smallest absolute Gasteiger partial charge is 0.349 e. The van der Waals surface area contributed by atoms with Crippen molar-refractivity contribution in [1.29, 1.82) is 0 Å². The van der Waals surface area contributed by atoms with Gasteiger partial charge in [-0.25, -0.2) is 4.79 Å². The first-order valence-electron chi connectivity index (χ1n) is 12.3. The fourth-order valence-electron chi connectivity index (χ4n) is 7.63. The van der Waals surface area contributed by atoms with Gasteiger partial charge in [0, 0.05) is 17.4 Å². The Morgan fingerprint density at radius 2 is 1.72 bits per heavy atom. The number of nitrogens with zero attached hydrogens (tertiary/aromatic N) is 1. The first-order chi connectivity index (χ1) is 16.6. The Bertz CT molecular complexity index is 950. The molecule has 4 amide bonds. The summed E-state index contributed by atoms with van der Waals surface area (Å²) in [6, 6.07) is -1.69. The van der Waals surface area contributed by atoms with Crippen molar-refractivity contribution in [2.24, 2.45) is 34.5 Å². The van der Waals surface area contributed by atoms with Crippen LogP contribution in [-0.4, -0.2) is 54.2 Å². The number of urea groups is 1. The van der Waals surface area contributed by atoms with E-state index in [0.717, 1.165) is 12.8 Å². The van der Waals surface area contributed by atoms with Crippen LogP contribution in [0.5, 0.6) is 0 Å². The largest absolute Gasteiger partial charge is 0.406 e. The van der Waals surface area contributed by atoms with Crippen LogP contribution in [0.4, 0.5) is 31.1 Å². The van der Waals surface area contributed by atoms with Gasteiger partial charge in [-0.3, -0.25) is 14.5 Å². The maximum absolute atomic E-state index is 13.4. The summed E-state index contributed by atoms with van der Waals surface area (Å²) in [6.45, 7) is 0.213. The van der Waals surface area contributed by atoms with E-state index in [9.17, 15) is 40.7 Å². The van der Waals surface area contributed by atoms with Gasteiger partial charge in [0.1, 0.15) is 13.1 Å². The summed E-state index contributed by atoms with van der Waals surface area (Å²) in [5.41, 5.74) is -0.933. The minimum Gasteiger partial charge on any atom is -0.349 e. The average molecular weight is 524 g/mol. The standard InChI is InChI=1S/C24H31F6N3O3/c1-21-9-7-15-13(3-6-17-22(15,2)10-8-18(34)32-17)14(21)4-5-16(21)19(35)33(12-24(28,29)30)20(36)31-11-23(25,26)27/h8,10,13-17H,3-7,9,11-12H2,1-2H3,(H,31,36)(H,32,34)/t13-,14-,15-,16+,17+,21-,22+/m0/s1. The molecule has 3 fully saturated rings. The monoisotopic (exact) mass is 523 g/mol. The number of hydrogen-bond acceptors (Lipinski definition) is 3. The number of carbonyl (C=O) groups excluding carboxylic acids is 3. The topological polar surface area (TPSA) is 78.5 Å². The fraction of sp³-hybridized carbons (Fsp3) is 0.792. The van der Waals surface area contributed by atoms with Gasteiger partial charge in [0.2, 0.25) is 11.8 Å². The van der Waals surface area contributed by atoms with Gasteiger partial charge >= 0.3 is 18.4 Å². The van der Waals surface area contributed by atoms with E-state index in [-0.39, 0.29) is 46.4 Å². The zero-order valence-electron chi connectivity index (χ0n) is 20.1. The van der Waals surface area contributed by atoms with Crippen LogP contribution in [0.1, 0.15) is 52.4 Å². The Kier molecular flexibility index (Phi) is 6.65. The fourth-order valence-corrected chi connectivity index (χ4v) is 7.63. The lowest BCUT2D eigenvalue weighted by Gasteiger charge is -2.58. The second kappa shape index (κ2) is 8.93. The molecule has 3 aliphatic carbocycles. The Balaban J connectivity index is 1.56. The number of alkyl halides is 6. The van der Waals surface area contributed by atoms with Gasteiger partial charge in [0.15, 0.2) is 0 Å². The molecule has 1 heterocycles. The Morgan fingerprint density at radius 1 is 1.03 bits per heavy atom. The highest BCUT2D eigenvalue weighted by Crippen LogP contribution is 2.65. The van der Waals surface area contributed by atoms with E-state index < -0.39 is 48.7 Å². The van der Waals surface area contributed by atoms with Crippen molar-refractivity contribution in [3.05, 3.63) is 12.2 Å². The third-order valence-corrected chi connectivity index (χ3v) is 9.27. The molecule has 7 atom stereocenters. The molecule has 0 unspecified atom stereocenters. The van der Waals surface area contributed by atoms with Crippen LogP contribution in [0.25, 0.3) is 0 Å². The number of fused-ring (bicyclic) bond motifs is 5. The maximum Gasteiger partial charge on any atom is 0.406 e. The molecule has 6 nitrogen and oxygen atoms in total. The van der Waals surface area contributed by atoms with Crippen LogP contribution in [0.15, 0.2) is 12.2 Å². The van der Waals surface area contributed by atoms with Crippen LogP contribution in [0, 0.1) is 34.5 Å². The normalized spacial score (nSPS) is 37.9. The molecule has 0 saturated heterocycles. The van der Waals surface area contributed by atoms with Gasteiger partial charge in [0.05, 0.1) is 0 Å². The lowest BCUT2D eigenvalue weighted by Crippen LogP contribution is -2.60.